The van der Waals surface area contributed by atoms with E-state index in [1.165, 1.54) is 11.2 Å². The predicted octanol–water partition coefficient (Wildman–Crippen LogP) is 2.04. The van der Waals surface area contributed by atoms with Crippen LogP contribution in [0.2, 0.25) is 0 Å². The lowest BCUT2D eigenvalue weighted by molar-refractivity contribution is -0.246. The van der Waals surface area contributed by atoms with Gasteiger partial charge in [-0.3, -0.25) is 4.90 Å². The molecular formula is C18H22F3N3O3S. The third-order valence-electron chi connectivity index (χ3n) is 6.77. The van der Waals surface area contributed by atoms with Gasteiger partial charge in [-0.2, -0.15) is 17.5 Å². The third-order valence-corrected chi connectivity index (χ3v) is 8.70. The van der Waals surface area contributed by atoms with Crippen LogP contribution in [0.1, 0.15) is 30.7 Å². The summed E-state index contributed by atoms with van der Waals surface area (Å²) in [5.74, 6) is 0. The van der Waals surface area contributed by atoms with Gasteiger partial charge in [0, 0.05) is 44.1 Å². The molecule has 0 atom stereocenters. The number of likely N-dealkylation sites (tertiary alicyclic amines) is 1. The Morgan fingerprint density at radius 1 is 1.18 bits per heavy atom. The highest BCUT2D eigenvalue weighted by atomic mass is 32.2. The number of rotatable bonds is 3. The SMILES string of the molecule is Cc1nc(C(F)(F)F)ccc1S(=O)(=O)N1CC2(CC(N3CC4(CCO4)C3)C2)C1. The molecule has 4 aliphatic rings. The van der Waals surface area contributed by atoms with Crippen molar-refractivity contribution in [1.82, 2.24) is 14.2 Å². The quantitative estimate of drug-likeness (QED) is 0.753. The average molecular weight is 417 g/mol. The number of sulfonamides is 1. The molecule has 5 rings (SSSR count). The lowest BCUT2D eigenvalue weighted by atomic mass is 9.60. The van der Waals surface area contributed by atoms with E-state index in [1.807, 2.05) is 0 Å². The van der Waals surface area contributed by atoms with Gasteiger partial charge in [-0.1, -0.05) is 0 Å². The monoisotopic (exact) mass is 417 g/mol. The van der Waals surface area contributed by atoms with E-state index < -0.39 is 21.9 Å². The zero-order valence-corrected chi connectivity index (χ0v) is 16.3. The molecule has 10 heteroatoms. The van der Waals surface area contributed by atoms with Crippen LogP contribution in [0.5, 0.6) is 0 Å². The molecule has 28 heavy (non-hydrogen) atoms. The summed E-state index contributed by atoms with van der Waals surface area (Å²) in [6.45, 7) is 4.98. The lowest BCUT2D eigenvalue weighted by Gasteiger charge is -2.65. The van der Waals surface area contributed by atoms with Crippen molar-refractivity contribution in [2.24, 2.45) is 5.41 Å². The Balaban J connectivity index is 1.20. The highest BCUT2D eigenvalue weighted by molar-refractivity contribution is 7.89. The number of alkyl halides is 3. The van der Waals surface area contributed by atoms with Crippen molar-refractivity contribution in [1.29, 1.82) is 0 Å². The number of aromatic nitrogens is 1. The molecule has 0 unspecified atom stereocenters. The molecule has 1 aliphatic carbocycles. The summed E-state index contributed by atoms with van der Waals surface area (Å²) < 4.78 is 70.9. The van der Waals surface area contributed by atoms with Gasteiger partial charge in [-0.15, -0.1) is 0 Å². The molecule has 0 aromatic carbocycles. The number of pyridine rings is 1. The molecule has 0 bridgehead atoms. The van der Waals surface area contributed by atoms with Crippen LogP contribution in [-0.4, -0.2) is 67.0 Å². The molecular weight excluding hydrogens is 395 g/mol. The standard InChI is InChI=1S/C18H22F3N3O3S/c1-12-14(2-3-15(22-12)18(19,20)21)28(25,26)24-8-16(9-24)6-13(7-16)23-10-17(11-23)4-5-27-17/h2-3,13H,4-11H2,1H3. The summed E-state index contributed by atoms with van der Waals surface area (Å²) >= 11 is 0. The van der Waals surface area contributed by atoms with Gasteiger partial charge in [-0.25, -0.2) is 13.4 Å². The Morgan fingerprint density at radius 2 is 1.82 bits per heavy atom. The van der Waals surface area contributed by atoms with Gasteiger partial charge in [0.25, 0.3) is 0 Å². The molecule has 4 heterocycles. The summed E-state index contributed by atoms with van der Waals surface area (Å²) in [4.78, 5) is 5.74. The Kier molecular flexibility index (Phi) is 3.81. The Hall–Kier alpha value is -1.23. The van der Waals surface area contributed by atoms with Gasteiger partial charge < -0.3 is 4.74 Å². The fraction of sp³-hybridized carbons (Fsp3) is 0.722. The third kappa shape index (κ3) is 2.72. The second kappa shape index (κ2) is 5.68. The van der Waals surface area contributed by atoms with E-state index in [2.05, 4.69) is 9.88 Å². The van der Waals surface area contributed by atoms with Gasteiger partial charge in [0.05, 0.1) is 17.9 Å². The van der Waals surface area contributed by atoms with Crippen LogP contribution in [0.3, 0.4) is 0 Å². The van der Waals surface area contributed by atoms with Crippen molar-refractivity contribution >= 4 is 10.0 Å². The maximum atomic E-state index is 12.8. The van der Waals surface area contributed by atoms with Crippen LogP contribution in [0.15, 0.2) is 17.0 Å². The number of nitrogens with zero attached hydrogens (tertiary/aromatic N) is 3. The average Bonchev–Trinajstić information content (AvgIpc) is 2.42. The predicted molar refractivity (Wildman–Crippen MR) is 93.1 cm³/mol. The number of ether oxygens (including phenoxy) is 1. The van der Waals surface area contributed by atoms with E-state index in [1.54, 1.807) is 0 Å². The van der Waals surface area contributed by atoms with Crippen LogP contribution in [-0.2, 0) is 20.9 Å². The van der Waals surface area contributed by atoms with Crippen LogP contribution in [0.25, 0.3) is 0 Å². The molecule has 0 N–H and O–H groups in total. The first kappa shape index (κ1) is 18.8. The van der Waals surface area contributed by atoms with Gasteiger partial charge in [0.2, 0.25) is 10.0 Å². The van der Waals surface area contributed by atoms with Crippen molar-refractivity contribution in [2.75, 3.05) is 32.8 Å². The first-order chi connectivity index (χ1) is 13.0. The Morgan fingerprint density at radius 3 is 2.32 bits per heavy atom. The topological polar surface area (TPSA) is 62.7 Å². The van der Waals surface area contributed by atoms with Crippen molar-refractivity contribution in [3.05, 3.63) is 23.5 Å². The summed E-state index contributed by atoms with van der Waals surface area (Å²) in [5, 5.41) is 0. The Bertz CT molecular complexity index is 908. The molecule has 154 valence electrons. The van der Waals surface area contributed by atoms with E-state index in [9.17, 15) is 21.6 Å². The molecule has 2 spiro atoms. The smallest absolute Gasteiger partial charge is 0.372 e. The molecule has 3 saturated heterocycles. The highest BCUT2D eigenvalue weighted by Crippen LogP contribution is 2.54. The molecule has 1 aromatic rings. The minimum atomic E-state index is -4.59. The molecule has 0 amide bonds. The van der Waals surface area contributed by atoms with E-state index in [-0.39, 0.29) is 21.6 Å². The lowest BCUT2D eigenvalue weighted by Crippen LogP contribution is -2.75. The van der Waals surface area contributed by atoms with Gasteiger partial charge in [0.15, 0.2) is 0 Å². The summed E-state index contributed by atoms with van der Waals surface area (Å²) in [6, 6.07) is 2.25. The molecule has 6 nitrogen and oxygen atoms in total. The zero-order chi connectivity index (χ0) is 19.9. The van der Waals surface area contributed by atoms with Crippen LogP contribution in [0.4, 0.5) is 13.2 Å². The molecule has 1 aromatic heterocycles. The summed E-state index contributed by atoms with van der Waals surface area (Å²) in [7, 11) is -3.82. The normalized spacial score (nSPS) is 27.1. The largest absolute Gasteiger partial charge is 0.433 e. The van der Waals surface area contributed by atoms with Gasteiger partial charge >= 0.3 is 6.18 Å². The van der Waals surface area contributed by atoms with E-state index in [0.717, 1.165) is 51.1 Å². The van der Waals surface area contributed by atoms with Gasteiger partial charge in [0.1, 0.15) is 10.6 Å². The fourth-order valence-corrected chi connectivity index (χ4v) is 6.86. The maximum Gasteiger partial charge on any atom is 0.433 e. The Labute approximate surface area is 161 Å². The van der Waals surface area contributed by atoms with Crippen LogP contribution in [0, 0.1) is 12.3 Å². The summed E-state index contributed by atoms with van der Waals surface area (Å²) in [6.07, 6.45) is -1.51. The second-order valence-electron chi connectivity index (χ2n) is 8.80. The fourth-order valence-electron chi connectivity index (χ4n) is 5.04. The zero-order valence-electron chi connectivity index (χ0n) is 15.5. The molecule has 4 fully saturated rings. The van der Waals surface area contributed by atoms with Crippen LogP contribution < -0.4 is 0 Å². The van der Waals surface area contributed by atoms with Crippen molar-refractivity contribution < 1.29 is 26.3 Å². The van der Waals surface area contributed by atoms with E-state index >= 15 is 0 Å². The second-order valence-corrected chi connectivity index (χ2v) is 10.7. The minimum absolute atomic E-state index is 0.0220. The molecule has 3 aliphatic heterocycles. The van der Waals surface area contributed by atoms with Crippen LogP contribution >= 0.6 is 0 Å². The minimum Gasteiger partial charge on any atom is -0.372 e. The first-order valence-corrected chi connectivity index (χ1v) is 10.9. The summed E-state index contributed by atoms with van der Waals surface area (Å²) in [5.41, 5.74) is -1.07. The number of aryl methyl sites for hydroxylation is 1. The number of halogens is 3. The molecule has 0 radical (unpaired) electrons. The van der Waals surface area contributed by atoms with E-state index in [4.69, 9.17) is 4.74 Å². The number of hydrogen-bond acceptors (Lipinski definition) is 5. The van der Waals surface area contributed by atoms with Crippen molar-refractivity contribution in [3.63, 3.8) is 0 Å². The van der Waals surface area contributed by atoms with Crippen molar-refractivity contribution in [2.45, 2.75) is 48.9 Å². The van der Waals surface area contributed by atoms with Gasteiger partial charge in [-0.05, 0) is 31.9 Å². The highest BCUT2D eigenvalue weighted by Gasteiger charge is 2.60. The van der Waals surface area contributed by atoms with E-state index in [0.29, 0.717) is 19.1 Å². The first-order valence-electron chi connectivity index (χ1n) is 9.45. The van der Waals surface area contributed by atoms with Crippen molar-refractivity contribution in [3.8, 4) is 0 Å². The number of hydrogen-bond donors (Lipinski definition) is 0. The molecule has 1 saturated carbocycles. The maximum absolute atomic E-state index is 12.8.